The summed E-state index contributed by atoms with van der Waals surface area (Å²) in [6, 6.07) is 6.71. The zero-order valence-electron chi connectivity index (χ0n) is 13.6. The van der Waals surface area contributed by atoms with Crippen LogP contribution >= 0.6 is 0 Å². The van der Waals surface area contributed by atoms with Crippen molar-refractivity contribution in [1.29, 1.82) is 5.26 Å². The SMILES string of the molecule is N#Cc1ccc2c(=O)n(C/C=C/CCC3CCCC3)c(=O)[nH]c2c1. The molecule has 5 heteroatoms. The van der Waals surface area contributed by atoms with Gasteiger partial charge in [0.05, 0.1) is 22.5 Å². The standard InChI is InChI=1S/C19H21N3O2/c20-13-15-9-10-16-17(12-15)21-19(24)22(18(16)23)11-5-1-2-6-14-7-3-4-8-14/h1,5,9-10,12,14H,2-4,6-8,11H2,(H,21,24)/b5-1+. The first-order valence-electron chi connectivity index (χ1n) is 8.51. The van der Waals surface area contributed by atoms with Crippen molar-refractivity contribution in [2.45, 2.75) is 45.1 Å². The summed E-state index contributed by atoms with van der Waals surface area (Å²) < 4.78 is 1.19. The fourth-order valence-corrected chi connectivity index (χ4v) is 3.42. The molecule has 124 valence electrons. The van der Waals surface area contributed by atoms with Crippen molar-refractivity contribution < 1.29 is 0 Å². The van der Waals surface area contributed by atoms with E-state index in [9.17, 15) is 9.59 Å². The topological polar surface area (TPSA) is 78.7 Å². The summed E-state index contributed by atoms with van der Waals surface area (Å²) in [5, 5.41) is 9.33. The number of nitrogens with zero attached hydrogens (tertiary/aromatic N) is 2. The van der Waals surface area contributed by atoms with Crippen LogP contribution in [-0.4, -0.2) is 9.55 Å². The Balaban J connectivity index is 1.73. The van der Waals surface area contributed by atoms with Crippen LogP contribution in [-0.2, 0) is 6.54 Å². The Kier molecular flexibility index (Phi) is 4.95. The molecule has 0 radical (unpaired) electrons. The molecule has 1 N–H and O–H groups in total. The molecule has 24 heavy (non-hydrogen) atoms. The predicted octanol–water partition coefficient (Wildman–Crippen LogP) is 3.09. The third kappa shape index (κ3) is 3.48. The molecule has 0 spiro atoms. The first-order valence-corrected chi connectivity index (χ1v) is 8.51. The number of aromatic nitrogens is 2. The van der Waals surface area contributed by atoms with Gasteiger partial charge in [0.25, 0.3) is 5.56 Å². The highest BCUT2D eigenvalue weighted by molar-refractivity contribution is 5.78. The van der Waals surface area contributed by atoms with E-state index < -0.39 is 5.69 Å². The molecule has 0 aliphatic heterocycles. The van der Waals surface area contributed by atoms with Gasteiger partial charge in [0.1, 0.15) is 0 Å². The Morgan fingerprint density at radius 3 is 2.79 bits per heavy atom. The molecule has 1 saturated carbocycles. The molecular formula is C19H21N3O2. The molecule has 0 atom stereocenters. The van der Waals surface area contributed by atoms with Crippen molar-refractivity contribution in [3.05, 3.63) is 56.8 Å². The molecule has 0 unspecified atom stereocenters. The lowest BCUT2D eigenvalue weighted by molar-refractivity contribution is 0.508. The highest BCUT2D eigenvalue weighted by Gasteiger charge is 2.13. The van der Waals surface area contributed by atoms with Gasteiger partial charge in [0, 0.05) is 6.54 Å². The normalized spacial score (nSPS) is 15.3. The van der Waals surface area contributed by atoms with Crippen molar-refractivity contribution in [2.24, 2.45) is 5.92 Å². The Morgan fingerprint density at radius 2 is 2.04 bits per heavy atom. The minimum absolute atomic E-state index is 0.273. The number of hydrogen-bond donors (Lipinski definition) is 1. The summed E-state index contributed by atoms with van der Waals surface area (Å²) in [6.45, 7) is 0.273. The van der Waals surface area contributed by atoms with Gasteiger partial charge >= 0.3 is 5.69 Å². The van der Waals surface area contributed by atoms with Crippen LogP contribution in [0.4, 0.5) is 0 Å². The Morgan fingerprint density at radius 1 is 1.25 bits per heavy atom. The van der Waals surface area contributed by atoms with E-state index in [1.807, 2.05) is 12.1 Å². The second kappa shape index (κ2) is 7.31. The third-order valence-electron chi connectivity index (χ3n) is 4.78. The lowest BCUT2D eigenvalue weighted by Crippen LogP contribution is -2.34. The Hall–Kier alpha value is -2.61. The molecule has 0 bridgehead atoms. The predicted molar refractivity (Wildman–Crippen MR) is 93.9 cm³/mol. The fourth-order valence-electron chi connectivity index (χ4n) is 3.42. The second-order valence-corrected chi connectivity index (χ2v) is 6.42. The van der Waals surface area contributed by atoms with E-state index >= 15 is 0 Å². The van der Waals surface area contributed by atoms with Gasteiger partial charge in [-0.05, 0) is 37.0 Å². The van der Waals surface area contributed by atoms with E-state index in [1.165, 1.54) is 42.7 Å². The smallest absolute Gasteiger partial charge is 0.307 e. The molecule has 1 fully saturated rings. The molecule has 1 aliphatic carbocycles. The summed E-state index contributed by atoms with van der Waals surface area (Å²) in [7, 11) is 0. The fraction of sp³-hybridized carbons (Fsp3) is 0.421. The Labute approximate surface area is 140 Å². The summed E-state index contributed by atoms with van der Waals surface area (Å²) in [5.41, 5.74) is 0.0642. The number of nitriles is 1. The zero-order chi connectivity index (χ0) is 16.9. The van der Waals surface area contributed by atoms with E-state index in [1.54, 1.807) is 12.1 Å². The molecular weight excluding hydrogens is 302 g/mol. The highest BCUT2D eigenvalue weighted by Crippen LogP contribution is 2.28. The van der Waals surface area contributed by atoms with Crippen molar-refractivity contribution in [1.82, 2.24) is 9.55 Å². The average Bonchev–Trinajstić information content (AvgIpc) is 3.10. The first-order chi connectivity index (χ1) is 11.7. The molecule has 3 rings (SSSR count). The largest absolute Gasteiger partial charge is 0.329 e. The van der Waals surface area contributed by atoms with Gasteiger partial charge in [-0.3, -0.25) is 9.36 Å². The van der Waals surface area contributed by atoms with E-state index in [0.29, 0.717) is 16.5 Å². The Bertz CT molecular complexity index is 909. The molecule has 2 aromatic rings. The van der Waals surface area contributed by atoms with Crippen LogP contribution in [0, 0.1) is 17.2 Å². The lowest BCUT2D eigenvalue weighted by Gasteiger charge is -2.06. The maximum atomic E-state index is 12.4. The van der Waals surface area contributed by atoms with Gasteiger partial charge in [-0.1, -0.05) is 37.8 Å². The van der Waals surface area contributed by atoms with Crippen molar-refractivity contribution >= 4 is 10.9 Å². The van der Waals surface area contributed by atoms with E-state index in [4.69, 9.17) is 5.26 Å². The number of aromatic amines is 1. The number of hydrogen-bond acceptors (Lipinski definition) is 3. The van der Waals surface area contributed by atoms with Gasteiger partial charge < -0.3 is 4.98 Å². The molecule has 0 amide bonds. The minimum Gasteiger partial charge on any atom is -0.307 e. The number of allylic oxidation sites excluding steroid dienone is 2. The van der Waals surface area contributed by atoms with Crippen LogP contribution in [0.25, 0.3) is 10.9 Å². The summed E-state index contributed by atoms with van der Waals surface area (Å²) >= 11 is 0. The highest BCUT2D eigenvalue weighted by atomic mass is 16.2. The van der Waals surface area contributed by atoms with Crippen molar-refractivity contribution in [3.63, 3.8) is 0 Å². The van der Waals surface area contributed by atoms with E-state index in [2.05, 4.69) is 11.1 Å². The van der Waals surface area contributed by atoms with Crippen LogP contribution in [0.1, 0.15) is 44.1 Å². The van der Waals surface area contributed by atoms with Gasteiger partial charge in [-0.2, -0.15) is 5.26 Å². The van der Waals surface area contributed by atoms with E-state index in [-0.39, 0.29) is 12.1 Å². The van der Waals surface area contributed by atoms with Crippen LogP contribution in [0.3, 0.4) is 0 Å². The van der Waals surface area contributed by atoms with Gasteiger partial charge in [0.15, 0.2) is 0 Å². The average molecular weight is 323 g/mol. The minimum atomic E-state index is -0.442. The maximum absolute atomic E-state index is 12.4. The first kappa shape index (κ1) is 16.3. The molecule has 0 saturated heterocycles. The molecule has 1 aliphatic rings. The molecule has 1 heterocycles. The van der Waals surface area contributed by atoms with Crippen LogP contribution < -0.4 is 11.2 Å². The monoisotopic (exact) mass is 323 g/mol. The van der Waals surface area contributed by atoms with E-state index in [0.717, 1.165) is 12.3 Å². The van der Waals surface area contributed by atoms with Gasteiger partial charge in [-0.25, -0.2) is 4.79 Å². The molecule has 5 nitrogen and oxygen atoms in total. The van der Waals surface area contributed by atoms with Crippen LogP contribution in [0.2, 0.25) is 0 Å². The van der Waals surface area contributed by atoms with Crippen molar-refractivity contribution in [2.75, 3.05) is 0 Å². The van der Waals surface area contributed by atoms with Gasteiger partial charge in [0.2, 0.25) is 0 Å². The maximum Gasteiger partial charge on any atom is 0.329 e. The van der Waals surface area contributed by atoms with Crippen LogP contribution in [0.15, 0.2) is 39.9 Å². The lowest BCUT2D eigenvalue weighted by atomic mass is 10.0. The molecule has 1 aromatic heterocycles. The summed E-state index contributed by atoms with van der Waals surface area (Å²) in [5.74, 6) is 0.843. The van der Waals surface area contributed by atoms with Crippen LogP contribution in [0.5, 0.6) is 0 Å². The third-order valence-corrected chi connectivity index (χ3v) is 4.78. The van der Waals surface area contributed by atoms with Gasteiger partial charge in [-0.15, -0.1) is 0 Å². The molecule has 1 aromatic carbocycles. The summed E-state index contributed by atoms with van der Waals surface area (Å²) in [6.07, 6.45) is 11.5. The van der Waals surface area contributed by atoms with Crippen molar-refractivity contribution in [3.8, 4) is 6.07 Å². The number of H-pyrrole nitrogens is 1. The quantitative estimate of drug-likeness (QED) is 0.859. The number of rotatable bonds is 5. The zero-order valence-corrected chi connectivity index (χ0v) is 13.6. The number of nitrogens with one attached hydrogen (secondary N) is 1. The summed E-state index contributed by atoms with van der Waals surface area (Å²) in [4.78, 5) is 27.2. The number of fused-ring (bicyclic) bond motifs is 1. The number of benzene rings is 1. The second-order valence-electron chi connectivity index (χ2n) is 6.42.